The maximum atomic E-state index is 5.44. The third-order valence-corrected chi connectivity index (χ3v) is 4.10. The number of aromatic nitrogens is 4. The summed E-state index contributed by atoms with van der Waals surface area (Å²) in [5, 5.41) is 0. The highest BCUT2D eigenvalue weighted by molar-refractivity contribution is 7.71. The molecule has 5 nitrogen and oxygen atoms in total. The highest BCUT2D eigenvalue weighted by Gasteiger charge is 2.20. The first-order valence-corrected chi connectivity index (χ1v) is 7.04. The zero-order valence-electron chi connectivity index (χ0n) is 11.8. The summed E-state index contributed by atoms with van der Waals surface area (Å²) in [4.78, 5) is 11.6. The molecule has 0 aliphatic heterocycles. The minimum Gasteiger partial charge on any atom is -0.479 e. The summed E-state index contributed by atoms with van der Waals surface area (Å²) in [6.45, 7) is 6.60. The van der Waals surface area contributed by atoms with E-state index in [1.165, 1.54) is 6.33 Å². The Balaban J connectivity index is 2.61. The van der Waals surface area contributed by atoms with Gasteiger partial charge in [-0.2, -0.15) is 4.98 Å². The zero-order valence-corrected chi connectivity index (χ0v) is 12.6. The second kappa shape index (κ2) is 5.69. The summed E-state index contributed by atoms with van der Waals surface area (Å²) in [5.74, 6) is 1.11. The molecule has 1 atom stereocenters. The number of hydrogen-bond acceptors (Lipinski definition) is 4. The molecule has 19 heavy (non-hydrogen) atoms. The van der Waals surface area contributed by atoms with Crippen molar-refractivity contribution in [1.29, 1.82) is 0 Å². The summed E-state index contributed by atoms with van der Waals surface area (Å²) in [7, 11) is 1.60. The fraction of sp³-hybridized carbons (Fsp3) is 0.615. The lowest BCUT2D eigenvalue weighted by atomic mass is 9.95. The molecule has 0 spiro atoms. The Morgan fingerprint density at radius 3 is 2.63 bits per heavy atom. The van der Waals surface area contributed by atoms with Gasteiger partial charge in [0.1, 0.15) is 11.8 Å². The Hall–Kier alpha value is -1.43. The van der Waals surface area contributed by atoms with E-state index in [1.54, 1.807) is 7.11 Å². The third kappa shape index (κ3) is 2.36. The van der Waals surface area contributed by atoms with Crippen LogP contribution < -0.4 is 4.74 Å². The number of aromatic amines is 1. The van der Waals surface area contributed by atoms with E-state index in [2.05, 4.69) is 40.3 Å². The van der Waals surface area contributed by atoms with Gasteiger partial charge in [0.25, 0.3) is 0 Å². The summed E-state index contributed by atoms with van der Waals surface area (Å²) in [5.41, 5.74) is 1.59. The molecule has 0 aromatic carbocycles. The molecule has 0 aliphatic rings. The number of hydrogen-bond donors (Lipinski definition) is 1. The first-order chi connectivity index (χ1) is 9.13. The summed E-state index contributed by atoms with van der Waals surface area (Å²) in [6, 6.07) is 0.302. The molecular weight excluding hydrogens is 260 g/mol. The van der Waals surface area contributed by atoms with Gasteiger partial charge in [-0.1, -0.05) is 26.7 Å². The number of nitrogens with one attached hydrogen (secondary N) is 1. The summed E-state index contributed by atoms with van der Waals surface area (Å²) in [6.07, 6.45) is 3.75. The van der Waals surface area contributed by atoms with Crippen LogP contribution >= 0.6 is 12.2 Å². The van der Waals surface area contributed by atoms with Gasteiger partial charge in [-0.25, -0.2) is 4.98 Å². The van der Waals surface area contributed by atoms with E-state index >= 15 is 0 Å². The molecule has 0 amide bonds. The van der Waals surface area contributed by atoms with Crippen molar-refractivity contribution < 1.29 is 4.74 Å². The molecular formula is C13H20N4OS. The van der Waals surface area contributed by atoms with Crippen molar-refractivity contribution in [1.82, 2.24) is 19.5 Å². The molecule has 0 saturated heterocycles. The maximum Gasteiger partial charge on any atom is 0.242 e. The molecule has 2 aromatic rings. The topological polar surface area (TPSA) is 55.7 Å². The van der Waals surface area contributed by atoms with E-state index in [9.17, 15) is 0 Å². The molecule has 1 N–H and O–H groups in total. The van der Waals surface area contributed by atoms with Crippen LogP contribution in [-0.2, 0) is 0 Å². The molecule has 0 radical (unpaired) electrons. The summed E-state index contributed by atoms with van der Waals surface area (Å²) >= 11 is 5.44. The molecule has 2 rings (SSSR count). The second-order valence-corrected chi connectivity index (χ2v) is 5.09. The minimum absolute atomic E-state index is 0.302. The molecule has 0 aliphatic carbocycles. The number of nitrogens with zero attached hydrogens (tertiary/aromatic N) is 3. The van der Waals surface area contributed by atoms with Gasteiger partial charge in [-0.05, 0) is 25.1 Å². The first-order valence-electron chi connectivity index (χ1n) is 6.63. The quantitative estimate of drug-likeness (QED) is 0.852. The Kier molecular flexibility index (Phi) is 4.19. The number of fused-ring (bicyclic) bond motifs is 1. The largest absolute Gasteiger partial charge is 0.479 e. The standard InChI is InChI=1S/C13H20N4OS/c1-5-9(6-2)8(3)17-11-10(16-13(17)19)12(18-4)15-7-14-11/h7-9H,5-6H2,1-4H3,(H,16,19). The van der Waals surface area contributed by atoms with Crippen molar-refractivity contribution in [3.05, 3.63) is 11.1 Å². The third-order valence-electron chi connectivity index (χ3n) is 3.80. The Labute approximate surface area is 118 Å². The van der Waals surface area contributed by atoms with Gasteiger partial charge in [-0.15, -0.1) is 0 Å². The minimum atomic E-state index is 0.302. The van der Waals surface area contributed by atoms with Crippen LogP contribution in [0.25, 0.3) is 11.2 Å². The second-order valence-electron chi connectivity index (χ2n) is 4.70. The van der Waals surface area contributed by atoms with E-state index in [1.807, 2.05) is 0 Å². The number of ether oxygens (including phenoxy) is 1. The number of rotatable bonds is 5. The lowest BCUT2D eigenvalue weighted by molar-refractivity contribution is 0.335. The van der Waals surface area contributed by atoms with E-state index in [0.29, 0.717) is 22.6 Å². The Bertz CT molecular complexity index is 615. The monoisotopic (exact) mass is 280 g/mol. The van der Waals surface area contributed by atoms with Gasteiger partial charge in [-0.3, -0.25) is 4.57 Å². The molecule has 1 unspecified atom stereocenters. The predicted molar refractivity (Wildman–Crippen MR) is 78.0 cm³/mol. The average molecular weight is 280 g/mol. The zero-order chi connectivity index (χ0) is 14.0. The molecule has 104 valence electrons. The fourth-order valence-corrected chi connectivity index (χ4v) is 2.99. The number of imidazole rings is 1. The van der Waals surface area contributed by atoms with Gasteiger partial charge in [0.2, 0.25) is 5.88 Å². The first kappa shape index (κ1) is 14.0. The van der Waals surface area contributed by atoms with Crippen LogP contribution in [0.4, 0.5) is 0 Å². The lowest BCUT2D eigenvalue weighted by Crippen LogP contribution is -2.16. The average Bonchev–Trinajstić information content (AvgIpc) is 2.75. The smallest absolute Gasteiger partial charge is 0.242 e. The molecule has 0 bridgehead atoms. The van der Waals surface area contributed by atoms with Gasteiger partial charge >= 0.3 is 0 Å². The van der Waals surface area contributed by atoms with Crippen LogP contribution in [0.15, 0.2) is 6.33 Å². The van der Waals surface area contributed by atoms with Gasteiger partial charge in [0.05, 0.1) is 7.11 Å². The maximum absolute atomic E-state index is 5.44. The van der Waals surface area contributed by atoms with Crippen molar-refractivity contribution in [2.45, 2.75) is 39.7 Å². The fourth-order valence-electron chi connectivity index (χ4n) is 2.63. The van der Waals surface area contributed by atoms with Crippen molar-refractivity contribution in [2.75, 3.05) is 7.11 Å². The SMILES string of the molecule is CCC(CC)C(C)n1c(=S)[nH]c2c(OC)ncnc21. The molecule has 2 aromatic heterocycles. The molecule has 2 heterocycles. The number of methoxy groups -OCH3 is 1. The van der Waals surface area contributed by atoms with Gasteiger partial charge in [0, 0.05) is 6.04 Å². The highest BCUT2D eigenvalue weighted by atomic mass is 32.1. The van der Waals surface area contributed by atoms with Crippen LogP contribution in [-0.4, -0.2) is 26.6 Å². The van der Waals surface area contributed by atoms with E-state index in [-0.39, 0.29) is 0 Å². The van der Waals surface area contributed by atoms with Gasteiger partial charge in [0.15, 0.2) is 10.4 Å². The van der Waals surface area contributed by atoms with Crippen LogP contribution in [0, 0.1) is 10.7 Å². The predicted octanol–water partition coefficient (Wildman–Crippen LogP) is 3.49. The number of H-pyrrole nitrogens is 1. The van der Waals surface area contributed by atoms with E-state index in [4.69, 9.17) is 17.0 Å². The lowest BCUT2D eigenvalue weighted by Gasteiger charge is -2.22. The van der Waals surface area contributed by atoms with Crippen molar-refractivity contribution in [3.63, 3.8) is 0 Å². The van der Waals surface area contributed by atoms with E-state index in [0.717, 1.165) is 24.0 Å². The van der Waals surface area contributed by atoms with Gasteiger partial charge < -0.3 is 9.72 Å². The van der Waals surface area contributed by atoms with Crippen molar-refractivity contribution >= 4 is 23.4 Å². The Morgan fingerprint density at radius 2 is 2.05 bits per heavy atom. The van der Waals surface area contributed by atoms with E-state index < -0.39 is 0 Å². The molecule has 0 saturated carbocycles. The normalized spacial score (nSPS) is 13.1. The summed E-state index contributed by atoms with van der Waals surface area (Å²) < 4.78 is 8.00. The van der Waals surface area contributed by atoms with Crippen molar-refractivity contribution in [3.8, 4) is 5.88 Å². The Morgan fingerprint density at radius 1 is 1.37 bits per heavy atom. The van der Waals surface area contributed by atoms with Crippen molar-refractivity contribution in [2.24, 2.45) is 5.92 Å². The van der Waals surface area contributed by atoms with Crippen LogP contribution in [0.2, 0.25) is 0 Å². The van der Waals surface area contributed by atoms with Crippen LogP contribution in [0.3, 0.4) is 0 Å². The highest BCUT2D eigenvalue weighted by Crippen LogP contribution is 2.29. The van der Waals surface area contributed by atoms with Crippen LogP contribution in [0.1, 0.15) is 39.7 Å². The molecule has 6 heteroatoms. The van der Waals surface area contributed by atoms with Crippen LogP contribution in [0.5, 0.6) is 5.88 Å². The molecule has 0 fully saturated rings.